The van der Waals surface area contributed by atoms with Crippen molar-refractivity contribution >= 4 is 15.9 Å². The van der Waals surface area contributed by atoms with Crippen LogP contribution in [0.15, 0.2) is 39.6 Å². The van der Waals surface area contributed by atoms with Crippen molar-refractivity contribution in [2.75, 3.05) is 21.3 Å². The summed E-state index contributed by atoms with van der Waals surface area (Å²) in [5.74, 6) is 1.55. The van der Waals surface area contributed by atoms with Gasteiger partial charge >= 0.3 is 0 Å². The van der Waals surface area contributed by atoms with E-state index in [1.54, 1.807) is 26.7 Å². The molecule has 1 aromatic heterocycles. The highest BCUT2D eigenvalue weighted by molar-refractivity contribution is 9.10. The van der Waals surface area contributed by atoms with Crippen LogP contribution in [0.3, 0.4) is 0 Å². The fraction of sp³-hybridized carbons (Fsp3) is 0.286. The van der Waals surface area contributed by atoms with Crippen molar-refractivity contribution in [2.45, 2.75) is 6.04 Å². The summed E-state index contributed by atoms with van der Waals surface area (Å²) in [6, 6.07) is 5.76. The van der Waals surface area contributed by atoms with E-state index in [1.807, 2.05) is 25.2 Å². The molecule has 0 saturated heterocycles. The molecule has 0 spiro atoms. The first-order valence-electron chi connectivity index (χ1n) is 5.82. The molecule has 4 nitrogen and oxygen atoms in total. The molecule has 102 valence electrons. The average Bonchev–Trinajstić information content (AvgIpc) is 2.94. The lowest BCUT2D eigenvalue weighted by Crippen LogP contribution is -2.18. The maximum Gasteiger partial charge on any atom is 0.133 e. The molecule has 0 saturated carbocycles. The summed E-state index contributed by atoms with van der Waals surface area (Å²) in [7, 11) is 5.19. The molecule has 1 heterocycles. The Labute approximate surface area is 120 Å². The summed E-state index contributed by atoms with van der Waals surface area (Å²) in [5.41, 5.74) is 2.02. The molecule has 0 aliphatic carbocycles. The number of furan rings is 1. The number of rotatable bonds is 5. The Morgan fingerprint density at radius 2 is 1.95 bits per heavy atom. The van der Waals surface area contributed by atoms with Gasteiger partial charge in [0.1, 0.15) is 11.5 Å². The molecule has 19 heavy (non-hydrogen) atoms. The van der Waals surface area contributed by atoms with E-state index in [0.717, 1.165) is 27.1 Å². The molecule has 0 radical (unpaired) electrons. The van der Waals surface area contributed by atoms with E-state index in [2.05, 4.69) is 21.2 Å². The molecule has 0 aliphatic rings. The standard InChI is InChI=1S/C14H16BrNO3/c1-16-14(9-4-5-19-8-9)10-6-13(18-3)11(15)7-12(10)17-2/h4-8,14,16H,1-3H3. The van der Waals surface area contributed by atoms with E-state index >= 15 is 0 Å². The number of benzene rings is 1. The largest absolute Gasteiger partial charge is 0.496 e. The Kier molecular flexibility index (Phi) is 4.50. The summed E-state index contributed by atoms with van der Waals surface area (Å²) in [5, 5.41) is 3.26. The first kappa shape index (κ1) is 14.0. The smallest absolute Gasteiger partial charge is 0.133 e. The normalized spacial score (nSPS) is 12.2. The van der Waals surface area contributed by atoms with E-state index in [1.165, 1.54) is 0 Å². The molecule has 1 unspecified atom stereocenters. The van der Waals surface area contributed by atoms with E-state index in [4.69, 9.17) is 13.9 Å². The summed E-state index contributed by atoms with van der Waals surface area (Å²) >= 11 is 3.46. The van der Waals surface area contributed by atoms with E-state index in [0.29, 0.717) is 0 Å². The molecular formula is C14H16BrNO3. The van der Waals surface area contributed by atoms with Crippen LogP contribution in [-0.4, -0.2) is 21.3 Å². The van der Waals surface area contributed by atoms with Crippen LogP contribution in [0.4, 0.5) is 0 Å². The zero-order valence-electron chi connectivity index (χ0n) is 11.1. The quantitative estimate of drug-likeness (QED) is 0.915. The predicted octanol–water partition coefficient (Wildman–Crippen LogP) is 3.37. The topological polar surface area (TPSA) is 43.6 Å². The lowest BCUT2D eigenvalue weighted by atomic mass is 10.00. The molecule has 2 rings (SSSR count). The van der Waals surface area contributed by atoms with Gasteiger partial charge in [-0.3, -0.25) is 0 Å². The molecule has 1 N–H and O–H groups in total. The Bertz CT molecular complexity index is 540. The van der Waals surface area contributed by atoms with E-state index in [-0.39, 0.29) is 6.04 Å². The molecule has 2 aromatic rings. The Hall–Kier alpha value is -1.46. The van der Waals surface area contributed by atoms with Crippen LogP contribution in [0.2, 0.25) is 0 Å². The maximum absolute atomic E-state index is 5.45. The van der Waals surface area contributed by atoms with Crippen molar-refractivity contribution in [1.29, 1.82) is 0 Å². The maximum atomic E-state index is 5.45. The van der Waals surface area contributed by atoms with Gasteiger partial charge in [0.05, 0.1) is 37.3 Å². The molecule has 1 atom stereocenters. The third-order valence-corrected chi connectivity index (χ3v) is 3.60. The van der Waals surface area contributed by atoms with Gasteiger partial charge in [-0.25, -0.2) is 0 Å². The van der Waals surface area contributed by atoms with Crippen LogP contribution in [-0.2, 0) is 0 Å². The van der Waals surface area contributed by atoms with Crippen molar-refractivity contribution in [1.82, 2.24) is 5.32 Å². The number of methoxy groups -OCH3 is 2. The fourth-order valence-electron chi connectivity index (χ4n) is 2.05. The van der Waals surface area contributed by atoms with Crippen molar-refractivity contribution in [3.8, 4) is 11.5 Å². The van der Waals surface area contributed by atoms with Crippen LogP contribution in [0.25, 0.3) is 0 Å². The second-order valence-corrected chi connectivity index (χ2v) is 4.86. The van der Waals surface area contributed by atoms with Gasteiger partial charge in [-0.15, -0.1) is 0 Å². The fourth-order valence-corrected chi connectivity index (χ4v) is 2.53. The second-order valence-electron chi connectivity index (χ2n) is 4.01. The van der Waals surface area contributed by atoms with Gasteiger partial charge in [0.15, 0.2) is 0 Å². The third-order valence-electron chi connectivity index (χ3n) is 2.98. The van der Waals surface area contributed by atoms with Crippen molar-refractivity contribution < 1.29 is 13.9 Å². The summed E-state index contributed by atoms with van der Waals surface area (Å²) in [6.07, 6.45) is 3.37. The van der Waals surface area contributed by atoms with Crippen LogP contribution in [0.5, 0.6) is 11.5 Å². The number of ether oxygens (including phenoxy) is 2. The molecule has 0 amide bonds. The second kappa shape index (κ2) is 6.12. The molecule has 5 heteroatoms. The minimum atomic E-state index is -0.0179. The van der Waals surface area contributed by atoms with Crippen molar-refractivity contribution in [2.24, 2.45) is 0 Å². The van der Waals surface area contributed by atoms with Gasteiger partial charge in [0, 0.05) is 11.1 Å². The van der Waals surface area contributed by atoms with E-state index in [9.17, 15) is 0 Å². The van der Waals surface area contributed by atoms with Gasteiger partial charge in [0.2, 0.25) is 0 Å². The van der Waals surface area contributed by atoms with Gasteiger partial charge in [-0.05, 0) is 41.2 Å². The van der Waals surface area contributed by atoms with E-state index < -0.39 is 0 Å². The Morgan fingerprint density at radius 3 is 2.47 bits per heavy atom. The number of nitrogens with one attached hydrogen (secondary N) is 1. The Balaban J connectivity index is 2.52. The minimum Gasteiger partial charge on any atom is -0.496 e. The first-order valence-corrected chi connectivity index (χ1v) is 6.61. The molecule has 0 bridgehead atoms. The average molecular weight is 326 g/mol. The highest BCUT2D eigenvalue weighted by Crippen LogP contribution is 2.37. The first-order chi connectivity index (χ1) is 9.21. The van der Waals surface area contributed by atoms with Gasteiger partial charge in [-0.1, -0.05) is 0 Å². The summed E-state index contributed by atoms with van der Waals surface area (Å²) in [4.78, 5) is 0. The third kappa shape index (κ3) is 2.77. The van der Waals surface area contributed by atoms with Crippen LogP contribution in [0, 0.1) is 0 Å². The van der Waals surface area contributed by atoms with Crippen LogP contribution >= 0.6 is 15.9 Å². The molecular weight excluding hydrogens is 310 g/mol. The zero-order chi connectivity index (χ0) is 13.8. The van der Waals surface area contributed by atoms with Gasteiger partial charge in [-0.2, -0.15) is 0 Å². The number of hydrogen-bond donors (Lipinski definition) is 1. The van der Waals surface area contributed by atoms with Crippen LogP contribution < -0.4 is 14.8 Å². The summed E-state index contributed by atoms with van der Waals surface area (Å²) in [6.45, 7) is 0. The van der Waals surface area contributed by atoms with Crippen molar-refractivity contribution in [3.63, 3.8) is 0 Å². The number of hydrogen-bond acceptors (Lipinski definition) is 4. The lowest BCUT2D eigenvalue weighted by molar-refractivity contribution is 0.393. The highest BCUT2D eigenvalue weighted by atomic mass is 79.9. The molecule has 0 aliphatic heterocycles. The predicted molar refractivity (Wildman–Crippen MR) is 76.9 cm³/mol. The SMILES string of the molecule is CNC(c1ccoc1)c1cc(OC)c(Br)cc1OC. The summed E-state index contributed by atoms with van der Waals surface area (Å²) < 4.78 is 16.8. The lowest BCUT2D eigenvalue weighted by Gasteiger charge is -2.19. The molecule has 1 aromatic carbocycles. The highest BCUT2D eigenvalue weighted by Gasteiger charge is 2.20. The van der Waals surface area contributed by atoms with Gasteiger partial charge < -0.3 is 19.2 Å². The Morgan fingerprint density at radius 1 is 1.21 bits per heavy atom. The molecule has 0 fully saturated rings. The van der Waals surface area contributed by atoms with Crippen molar-refractivity contribution in [3.05, 3.63) is 46.3 Å². The number of halogens is 1. The minimum absolute atomic E-state index is 0.0179. The zero-order valence-corrected chi connectivity index (χ0v) is 12.7. The van der Waals surface area contributed by atoms with Crippen LogP contribution in [0.1, 0.15) is 17.2 Å². The monoisotopic (exact) mass is 325 g/mol. The van der Waals surface area contributed by atoms with Gasteiger partial charge in [0.25, 0.3) is 0 Å².